The molecule has 0 fully saturated rings. The van der Waals surface area contributed by atoms with Gasteiger partial charge in [-0.05, 0) is 43.1 Å². The first-order valence-corrected chi connectivity index (χ1v) is 4.88. The van der Waals surface area contributed by atoms with Crippen molar-refractivity contribution in [2.75, 3.05) is 0 Å². The second-order valence-electron chi connectivity index (χ2n) is 3.00. The van der Waals surface area contributed by atoms with Gasteiger partial charge >= 0.3 is 0 Å². The van der Waals surface area contributed by atoms with Crippen LogP contribution in [0.2, 0.25) is 5.02 Å². The fraction of sp³-hybridized carbons (Fsp3) is 0.300. The van der Waals surface area contributed by atoms with Crippen LogP contribution in [0, 0.1) is 6.92 Å². The summed E-state index contributed by atoms with van der Waals surface area (Å²) in [5, 5.41) is -0.0667. The molecule has 14 heavy (non-hydrogen) atoms. The molecular formula is C10H10Cl2O2. The Bertz CT molecular complexity index is 350. The molecule has 1 atom stereocenters. The Labute approximate surface area is 92.8 Å². The lowest BCUT2D eigenvalue weighted by Gasteiger charge is -2.12. The van der Waals surface area contributed by atoms with E-state index in [1.54, 1.807) is 19.1 Å². The minimum atomic E-state index is -0.684. The van der Waals surface area contributed by atoms with E-state index in [9.17, 15) is 4.79 Å². The summed E-state index contributed by atoms with van der Waals surface area (Å²) in [6, 6.07) is 5.35. The van der Waals surface area contributed by atoms with Crippen LogP contribution in [0.25, 0.3) is 0 Å². The van der Waals surface area contributed by atoms with E-state index in [4.69, 9.17) is 27.9 Å². The first kappa shape index (κ1) is 11.3. The standard InChI is InChI=1S/C10H10Cl2O2/c1-6-3-4-8(11)9(5-6)14-7(2)10(12)13/h3-5,7H,1-2H3. The van der Waals surface area contributed by atoms with Gasteiger partial charge in [-0.25, -0.2) is 0 Å². The van der Waals surface area contributed by atoms with Crippen LogP contribution in [0.4, 0.5) is 0 Å². The van der Waals surface area contributed by atoms with E-state index in [-0.39, 0.29) is 0 Å². The molecule has 1 aromatic rings. The number of benzene rings is 1. The topological polar surface area (TPSA) is 26.3 Å². The Hall–Kier alpha value is -0.730. The molecule has 0 bridgehead atoms. The Balaban J connectivity index is 2.85. The predicted molar refractivity (Wildman–Crippen MR) is 57.1 cm³/mol. The number of carbonyl (C=O) groups excluding carboxylic acids is 1. The number of hydrogen-bond acceptors (Lipinski definition) is 2. The maximum Gasteiger partial charge on any atom is 0.262 e. The Morgan fingerprint density at radius 1 is 1.50 bits per heavy atom. The minimum absolute atomic E-state index is 0.473. The highest BCUT2D eigenvalue weighted by atomic mass is 35.5. The molecule has 0 aliphatic carbocycles. The van der Waals surface area contributed by atoms with Crippen molar-refractivity contribution in [3.05, 3.63) is 28.8 Å². The van der Waals surface area contributed by atoms with Crippen LogP contribution in [0.3, 0.4) is 0 Å². The summed E-state index contributed by atoms with van der Waals surface area (Å²) >= 11 is 11.1. The number of halogens is 2. The van der Waals surface area contributed by atoms with Crippen molar-refractivity contribution in [2.45, 2.75) is 20.0 Å². The van der Waals surface area contributed by atoms with Crippen LogP contribution in [-0.4, -0.2) is 11.3 Å². The number of hydrogen-bond donors (Lipinski definition) is 0. The summed E-state index contributed by atoms with van der Waals surface area (Å²) in [6.45, 7) is 3.49. The fourth-order valence-corrected chi connectivity index (χ4v) is 1.14. The second kappa shape index (κ2) is 4.67. The summed E-state index contributed by atoms with van der Waals surface area (Å²) < 4.78 is 5.27. The molecule has 0 radical (unpaired) electrons. The maximum absolute atomic E-state index is 10.7. The summed E-state index contributed by atoms with van der Waals surface area (Å²) in [5.74, 6) is 0.480. The largest absolute Gasteiger partial charge is 0.480 e. The molecule has 4 heteroatoms. The summed E-state index contributed by atoms with van der Waals surface area (Å²) in [5.41, 5.74) is 1.01. The SMILES string of the molecule is Cc1ccc(Cl)c(OC(C)C(=O)Cl)c1. The van der Waals surface area contributed by atoms with Gasteiger partial charge in [0.2, 0.25) is 0 Å². The van der Waals surface area contributed by atoms with E-state index in [2.05, 4.69) is 0 Å². The average molecular weight is 233 g/mol. The van der Waals surface area contributed by atoms with Crippen LogP contribution in [0.1, 0.15) is 12.5 Å². The Morgan fingerprint density at radius 2 is 2.14 bits per heavy atom. The molecule has 1 rings (SSSR count). The van der Waals surface area contributed by atoms with Gasteiger partial charge in [-0.3, -0.25) is 4.79 Å². The van der Waals surface area contributed by atoms with Crippen molar-refractivity contribution in [1.82, 2.24) is 0 Å². The summed E-state index contributed by atoms with van der Waals surface area (Å²) in [4.78, 5) is 10.7. The molecule has 1 aromatic carbocycles. The third-order valence-electron chi connectivity index (χ3n) is 1.71. The zero-order chi connectivity index (χ0) is 10.7. The van der Waals surface area contributed by atoms with E-state index >= 15 is 0 Å². The van der Waals surface area contributed by atoms with E-state index in [0.717, 1.165) is 5.56 Å². The molecule has 1 unspecified atom stereocenters. The first-order valence-electron chi connectivity index (χ1n) is 4.13. The molecule has 0 aromatic heterocycles. The van der Waals surface area contributed by atoms with E-state index < -0.39 is 11.3 Å². The van der Waals surface area contributed by atoms with E-state index in [1.807, 2.05) is 13.0 Å². The lowest BCUT2D eigenvalue weighted by Crippen LogP contribution is -2.19. The second-order valence-corrected chi connectivity index (χ2v) is 3.78. The van der Waals surface area contributed by atoms with Crippen molar-refractivity contribution in [2.24, 2.45) is 0 Å². The van der Waals surface area contributed by atoms with Crippen molar-refractivity contribution in [3.8, 4) is 5.75 Å². The molecule has 0 aliphatic rings. The van der Waals surface area contributed by atoms with Gasteiger partial charge in [0.05, 0.1) is 5.02 Å². The zero-order valence-corrected chi connectivity index (χ0v) is 9.39. The number of aryl methyl sites for hydroxylation is 1. The van der Waals surface area contributed by atoms with Gasteiger partial charge < -0.3 is 4.74 Å². The maximum atomic E-state index is 10.7. The van der Waals surface area contributed by atoms with Crippen LogP contribution in [0.15, 0.2) is 18.2 Å². The van der Waals surface area contributed by atoms with Gasteiger partial charge in [-0.2, -0.15) is 0 Å². The molecule has 2 nitrogen and oxygen atoms in total. The summed E-state index contributed by atoms with van der Waals surface area (Å²) in [7, 11) is 0. The van der Waals surface area contributed by atoms with Crippen LogP contribution < -0.4 is 4.74 Å². The molecule has 0 aliphatic heterocycles. The average Bonchev–Trinajstić information content (AvgIpc) is 2.11. The lowest BCUT2D eigenvalue weighted by atomic mass is 10.2. The van der Waals surface area contributed by atoms with Crippen LogP contribution in [0.5, 0.6) is 5.75 Å². The van der Waals surface area contributed by atoms with Crippen molar-refractivity contribution in [3.63, 3.8) is 0 Å². The molecule has 0 saturated heterocycles. The zero-order valence-electron chi connectivity index (χ0n) is 7.88. The van der Waals surface area contributed by atoms with Gasteiger partial charge in [0.15, 0.2) is 6.10 Å². The lowest BCUT2D eigenvalue weighted by molar-refractivity contribution is -0.117. The fourth-order valence-electron chi connectivity index (χ4n) is 0.938. The quantitative estimate of drug-likeness (QED) is 0.749. The van der Waals surface area contributed by atoms with Gasteiger partial charge in [-0.15, -0.1) is 0 Å². The highest BCUT2D eigenvalue weighted by Gasteiger charge is 2.13. The monoisotopic (exact) mass is 232 g/mol. The van der Waals surface area contributed by atoms with Gasteiger partial charge in [0.1, 0.15) is 5.75 Å². The van der Waals surface area contributed by atoms with Crippen molar-refractivity contribution < 1.29 is 9.53 Å². The Morgan fingerprint density at radius 3 is 2.71 bits per heavy atom. The molecule has 0 spiro atoms. The van der Waals surface area contributed by atoms with Gasteiger partial charge in [-0.1, -0.05) is 17.7 Å². The van der Waals surface area contributed by atoms with Crippen LogP contribution in [-0.2, 0) is 4.79 Å². The minimum Gasteiger partial charge on any atom is -0.480 e. The molecule has 76 valence electrons. The molecular weight excluding hydrogens is 223 g/mol. The highest BCUT2D eigenvalue weighted by Crippen LogP contribution is 2.26. The van der Waals surface area contributed by atoms with E-state index in [0.29, 0.717) is 10.8 Å². The van der Waals surface area contributed by atoms with Crippen molar-refractivity contribution in [1.29, 1.82) is 0 Å². The summed E-state index contributed by atoms with van der Waals surface area (Å²) in [6.07, 6.45) is -0.684. The number of carbonyl (C=O) groups is 1. The number of rotatable bonds is 3. The first-order chi connectivity index (χ1) is 6.50. The molecule has 0 saturated carbocycles. The molecule has 0 heterocycles. The molecule has 0 N–H and O–H groups in total. The predicted octanol–water partition coefficient (Wildman–Crippen LogP) is 3.18. The highest BCUT2D eigenvalue weighted by molar-refractivity contribution is 6.64. The van der Waals surface area contributed by atoms with Gasteiger partial charge in [0.25, 0.3) is 5.24 Å². The smallest absolute Gasteiger partial charge is 0.262 e. The Kier molecular flexibility index (Phi) is 3.78. The third kappa shape index (κ3) is 2.89. The van der Waals surface area contributed by atoms with Crippen LogP contribution >= 0.6 is 23.2 Å². The van der Waals surface area contributed by atoms with E-state index in [1.165, 1.54) is 0 Å². The third-order valence-corrected chi connectivity index (χ3v) is 2.33. The number of ether oxygens (including phenoxy) is 1. The van der Waals surface area contributed by atoms with Crippen molar-refractivity contribution >= 4 is 28.4 Å². The normalized spacial score (nSPS) is 12.3. The van der Waals surface area contributed by atoms with Gasteiger partial charge in [0, 0.05) is 0 Å². The molecule has 0 amide bonds.